The van der Waals surface area contributed by atoms with E-state index in [2.05, 4.69) is 6.92 Å². The van der Waals surface area contributed by atoms with Gasteiger partial charge in [0.1, 0.15) is 5.75 Å². The Kier molecular flexibility index (Phi) is 4.92. The molecular weight excluding hydrogens is 210 g/mol. The van der Waals surface area contributed by atoms with Crippen LogP contribution >= 0.6 is 11.6 Å². The predicted octanol–water partition coefficient (Wildman–Crippen LogP) is 3.54. The molecule has 1 aromatic rings. The molecule has 1 aromatic carbocycles. The lowest BCUT2D eigenvalue weighted by Gasteiger charge is -2.10. The Balaban J connectivity index is 2.66. The van der Waals surface area contributed by atoms with Gasteiger partial charge in [0.25, 0.3) is 0 Å². The first-order chi connectivity index (χ1) is 7.15. The first-order valence-corrected chi connectivity index (χ1v) is 5.70. The van der Waals surface area contributed by atoms with Crippen LogP contribution < -0.4 is 10.5 Å². The van der Waals surface area contributed by atoms with Gasteiger partial charge in [0, 0.05) is 6.04 Å². The maximum absolute atomic E-state index is 6.07. The molecule has 0 bridgehead atoms. The molecule has 0 aliphatic carbocycles. The lowest BCUT2D eigenvalue weighted by molar-refractivity contribution is 0.309. The summed E-state index contributed by atoms with van der Waals surface area (Å²) in [5, 5.41) is 0.640. The Bertz CT molecular complexity index is 312. The molecule has 3 heteroatoms. The van der Waals surface area contributed by atoms with Gasteiger partial charge >= 0.3 is 0 Å². The van der Waals surface area contributed by atoms with Crippen LogP contribution in [-0.2, 0) is 0 Å². The van der Waals surface area contributed by atoms with Gasteiger partial charge in [0.05, 0.1) is 11.6 Å². The van der Waals surface area contributed by atoms with Crippen molar-refractivity contribution in [2.24, 2.45) is 5.73 Å². The Morgan fingerprint density at radius 1 is 1.47 bits per heavy atom. The fraction of sp³-hybridized carbons (Fsp3) is 0.500. The smallest absolute Gasteiger partial charge is 0.137 e. The third kappa shape index (κ3) is 3.73. The molecule has 0 saturated heterocycles. The minimum absolute atomic E-state index is 0.00666. The lowest BCUT2D eigenvalue weighted by Crippen LogP contribution is -2.05. The van der Waals surface area contributed by atoms with E-state index in [9.17, 15) is 0 Å². The zero-order valence-corrected chi connectivity index (χ0v) is 10.1. The summed E-state index contributed by atoms with van der Waals surface area (Å²) in [5.41, 5.74) is 6.79. The standard InChI is InChI=1S/C12H18ClNO/c1-3-4-7-15-12-6-5-10(9(2)14)8-11(12)13/h5-6,8-9H,3-4,7,14H2,1-2H3/t9-/m1/s1. The highest BCUT2D eigenvalue weighted by atomic mass is 35.5. The van der Waals surface area contributed by atoms with Crippen molar-refractivity contribution in [3.8, 4) is 5.75 Å². The molecule has 0 fully saturated rings. The van der Waals surface area contributed by atoms with Gasteiger partial charge in [-0.1, -0.05) is 31.0 Å². The number of halogens is 1. The third-order valence-corrected chi connectivity index (χ3v) is 2.53. The molecule has 0 heterocycles. The van der Waals surface area contributed by atoms with Gasteiger partial charge in [0.2, 0.25) is 0 Å². The molecular formula is C12H18ClNO. The molecule has 0 unspecified atom stereocenters. The first-order valence-electron chi connectivity index (χ1n) is 5.33. The summed E-state index contributed by atoms with van der Waals surface area (Å²) in [6.45, 7) is 4.78. The second kappa shape index (κ2) is 5.99. The van der Waals surface area contributed by atoms with Crippen molar-refractivity contribution in [3.05, 3.63) is 28.8 Å². The van der Waals surface area contributed by atoms with Crippen molar-refractivity contribution in [2.75, 3.05) is 6.61 Å². The average Bonchev–Trinajstić information content (AvgIpc) is 2.20. The highest BCUT2D eigenvalue weighted by Crippen LogP contribution is 2.27. The van der Waals surface area contributed by atoms with Crippen LogP contribution in [0.5, 0.6) is 5.75 Å². The van der Waals surface area contributed by atoms with Crippen LogP contribution in [0.3, 0.4) is 0 Å². The largest absolute Gasteiger partial charge is 0.492 e. The zero-order valence-electron chi connectivity index (χ0n) is 9.29. The molecule has 0 saturated carbocycles. The normalized spacial score (nSPS) is 12.5. The SMILES string of the molecule is CCCCOc1ccc([C@@H](C)N)cc1Cl. The van der Waals surface area contributed by atoms with Crippen LogP contribution in [0.25, 0.3) is 0 Å². The van der Waals surface area contributed by atoms with Crippen molar-refractivity contribution in [3.63, 3.8) is 0 Å². The van der Waals surface area contributed by atoms with Crippen molar-refractivity contribution >= 4 is 11.6 Å². The highest BCUT2D eigenvalue weighted by Gasteiger charge is 2.05. The number of nitrogens with two attached hydrogens (primary N) is 1. The minimum Gasteiger partial charge on any atom is -0.492 e. The van der Waals surface area contributed by atoms with Crippen LogP contribution in [0.4, 0.5) is 0 Å². The van der Waals surface area contributed by atoms with Crippen molar-refractivity contribution in [1.82, 2.24) is 0 Å². The van der Waals surface area contributed by atoms with E-state index in [1.807, 2.05) is 25.1 Å². The summed E-state index contributed by atoms with van der Waals surface area (Å²) in [4.78, 5) is 0. The topological polar surface area (TPSA) is 35.2 Å². The molecule has 0 aliphatic heterocycles. The number of ether oxygens (including phenoxy) is 1. The maximum Gasteiger partial charge on any atom is 0.137 e. The summed E-state index contributed by atoms with van der Waals surface area (Å²) in [6, 6.07) is 5.72. The second-order valence-corrected chi connectivity index (χ2v) is 4.09. The Hall–Kier alpha value is -0.730. The van der Waals surface area contributed by atoms with Gasteiger partial charge in [0.15, 0.2) is 0 Å². The van der Waals surface area contributed by atoms with E-state index in [1.165, 1.54) is 0 Å². The van der Waals surface area contributed by atoms with Crippen LogP contribution in [0, 0.1) is 0 Å². The second-order valence-electron chi connectivity index (χ2n) is 3.68. The number of hydrogen-bond donors (Lipinski definition) is 1. The van der Waals surface area contributed by atoms with Crippen molar-refractivity contribution in [2.45, 2.75) is 32.7 Å². The minimum atomic E-state index is 0.00666. The summed E-state index contributed by atoms with van der Waals surface area (Å²) in [7, 11) is 0. The van der Waals surface area contributed by atoms with Gasteiger partial charge in [-0.05, 0) is 31.0 Å². The fourth-order valence-corrected chi connectivity index (χ4v) is 1.49. The number of rotatable bonds is 5. The molecule has 84 valence electrons. The van der Waals surface area contributed by atoms with E-state index in [0.29, 0.717) is 11.6 Å². The van der Waals surface area contributed by atoms with E-state index in [0.717, 1.165) is 24.2 Å². The van der Waals surface area contributed by atoms with E-state index in [-0.39, 0.29) is 6.04 Å². The maximum atomic E-state index is 6.07. The fourth-order valence-electron chi connectivity index (χ4n) is 1.24. The highest BCUT2D eigenvalue weighted by molar-refractivity contribution is 6.32. The van der Waals surface area contributed by atoms with Crippen LogP contribution in [0.1, 0.15) is 38.3 Å². The summed E-state index contributed by atoms with van der Waals surface area (Å²) >= 11 is 6.07. The quantitative estimate of drug-likeness (QED) is 0.781. The number of benzene rings is 1. The summed E-state index contributed by atoms with van der Waals surface area (Å²) in [6.07, 6.45) is 2.17. The zero-order chi connectivity index (χ0) is 11.3. The van der Waals surface area contributed by atoms with Gasteiger partial charge in [-0.2, -0.15) is 0 Å². The van der Waals surface area contributed by atoms with E-state index < -0.39 is 0 Å². The van der Waals surface area contributed by atoms with Crippen LogP contribution in [-0.4, -0.2) is 6.61 Å². The monoisotopic (exact) mass is 227 g/mol. The van der Waals surface area contributed by atoms with E-state index in [1.54, 1.807) is 0 Å². The Labute approximate surface area is 96.4 Å². The van der Waals surface area contributed by atoms with Crippen molar-refractivity contribution in [1.29, 1.82) is 0 Å². The molecule has 0 spiro atoms. The molecule has 2 nitrogen and oxygen atoms in total. The molecule has 1 atom stereocenters. The van der Waals surface area contributed by atoms with Gasteiger partial charge in [-0.15, -0.1) is 0 Å². The summed E-state index contributed by atoms with van der Waals surface area (Å²) < 4.78 is 5.54. The molecule has 0 amide bonds. The Morgan fingerprint density at radius 3 is 2.73 bits per heavy atom. The molecule has 15 heavy (non-hydrogen) atoms. The molecule has 2 N–H and O–H groups in total. The predicted molar refractivity (Wildman–Crippen MR) is 64.5 cm³/mol. The Morgan fingerprint density at radius 2 is 2.20 bits per heavy atom. The summed E-state index contributed by atoms with van der Waals surface area (Å²) in [5.74, 6) is 0.745. The third-order valence-electron chi connectivity index (χ3n) is 2.24. The van der Waals surface area contributed by atoms with Gasteiger partial charge < -0.3 is 10.5 Å². The number of unbranched alkanes of at least 4 members (excludes halogenated alkanes) is 1. The van der Waals surface area contributed by atoms with Gasteiger partial charge in [-0.3, -0.25) is 0 Å². The van der Waals surface area contributed by atoms with E-state index in [4.69, 9.17) is 22.1 Å². The molecule has 0 aliphatic rings. The molecule has 0 aromatic heterocycles. The van der Waals surface area contributed by atoms with Crippen LogP contribution in [0.2, 0.25) is 5.02 Å². The van der Waals surface area contributed by atoms with E-state index >= 15 is 0 Å². The van der Waals surface area contributed by atoms with Gasteiger partial charge in [-0.25, -0.2) is 0 Å². The number of hydrogen-bond acceptors (Lipinski definition) is 2. The first kappa shape index (κ1) is 12.3. The lowest BCUT2D eigenvalue weighted by atomic mass is 10.1. The average molecular weight is 228 g/mol. The van der Waals surface area contributed by atoms with Crippen molar-refractivity contribution < 1.29 is 4.74 Å². The molecule has 0 radical (unpaired) electrons. The molecule has 1 rings (SSSR count). The van der Waals surface area contributed by atoms with Crippen LogP contribution in [0.15, 0.2) is 18.2 Å².